The molecule has 6 nitrogen and oxygen atoms in total. The van der Waals surface area contributed by atoms with Gasteiger partial charge < -0.3 is 20.1 Å². The molecule has 0 saturated carbocycles. The summed E-state index contributed by atoms with van der Waals surface area (Å²) in [4.78, 5) is 26.4. The first kappa shape index (κ1) is 21.8. The van der Waals surface area contributed by atoms with Crippen LogP contribution in [-0.2, 0) is 4.79 Å². The van der Waals surface area contributed by atoms with Gasteiger partial charge in [0.2, 0.25) is 0 Å². The largest absolute Gasteiger partial charge is 0.493 e. The standard InChI is InChI=1S/C23H26N2O4S/c1-14(2)9-10-24-22(26)16-6-8-20-17(13-16)25-23(27)21(30-20)12-15-5-7-18(28-3)19(11-15)29-4/h5-8,11-14H,9-10H2,1-4H3,(H,24,26)(H,25,27)/b21-12+. The van der Waals surface area contributed by atoms with Gasteiger partial charge in [0.1, 0.15) is 0 Å². The summed E-state index contributed by atoms with van der Waals surface area (Å²) in [5, 5.41) is 5.80. The van der Waals surface area contributed by atoms with Crippen LogP contribution in [0.4, 0.5) is 5.69 Å². The number of carbonyl (C=O) groups is 2. The minimum absolute atomic E-state index is 0.135. The number of hydrogen-bond acceptors (Lipinski definition) is 5. The Labute approximate surface area is 181 Å². The maximum atomic E-state index is 12.6. The van der Waals surface area contributed by atoms with Gasteiger partial charge in [-0.25, -0.2) is 0 Å². The summed E-state index contributed by atoms with van der Waals surface area (Å²) in [6, 6.07) is 10.8. The Morgan fingerprint density at radius 3 is 2.60 bits per heavy atom. The van der Waals surface area contributed by atoms with Gasteiger partial charge in [0, 0.05) is 17.0 Å². The zero-order valence-corrected chi connectivity index (χ0v) is 18.4. The lowest BCUT2D eigenvalue weighted by atomic mass is 10.1. The molecule has 0 atom stereocenters. The summed E-state index contributed by atoms with van der Waals surface area (Å²) in [5.74, 6) is 1.41. The smallest absolute Gasteiger partial charge is 0.262 e. The molecule has 1 heterocycles. The van der Waals surface area contributed by atoms with Gasteiger partial charge in [-0.05, 0) is 54.3 Å². The van der Waals surface area contributed by atoms with E-state index >= 15 is 0 Å². The van der Waals surface area contributed by atoms with Crippen LogP contribution in [0.5, 0.6) is 11.5 Å². The molecule has 3 rings (SSSR count). The van der Waals surface area contributed by atoms with Crippen molar-refractivity contribution in [3.63, 3.8) is 0 Å². The van der Waals surface area contributed by atoms with E-state index in [9.17, 15) is 9.59 Å². The second kappa shape index (κ2) is 9.71. The number of nitrogens with one attached hydrogen (secondary N) is 2. The molecule has 0 radical (unpaired) electrons. The molecule has 0 fully saturated rings. The average molecular weight is 427 g/mol. The van der Waals surface area contributed by atoms with E-state index in [0.717, 1.165) is 16.9 Å². The molecule has 2 aromatic carbocycles. The molecule has 1 aliphatic heterocycles. The molecule has 7 heteroatoms. The molecule has 0 saturated heterocycles. The van der Waals surface area contributed by atoms with Gasteiger partial charge in [-0.3, -0.25) is 9.59 Å². The Morgan fingerprint density at radius 1 is 1.13 bits per heavy atom. The van der Waals surface area contributed by atoms with Gasteiger partial charge in [-0.1, -0.05) is 31.7 Å². The molecule has 1 aliphatic rings. The van der Waals surface area contributed by atoms with Crippen molar-refractivity contribution in [3.05, 3.63) is 52.4 Å². The van der Waals surface area contributed by atoms with Crippen molar-refractivity contribution in [2.75, 3.05) is 26.1 Å². The number of methoxy groups -OCH3 is 2. The van der Waals surface area contributed by atoms with E-state index in [4.69, 9.17) is 9.47 Å². The summed E-state index contributed by atoms with van der Waals surface area (Å²) < 4.78 is 10.6. The molecular formula is C23H26N2O4S. The Balaban J connectivity index is 1.77. The number of benzene rings is 2. The number of ether oxygens (including phenoxy) is 2. The van der Waals surface area contributed by atoms with Crippen LogP contribution in [-0.4, -0.2) is 32.6 Å². The number of thioether (sulfide) groups is 1. The quantitative estimate of drug-likeness (QED) is 0.635. The van der Waals surface area contributed by atoms with Gasteiger partial charge in [-0.15, -0.1) is 0 Å². The van der Waals surface area contributed by atoms with Gasteiger partial charge in [-0.2, -0.15) is 0 Å². The van der Waals surface area contributed by atoms with E-state index < -0.39 is 0 Å². The van der Waals surface area contributed by atoms with Crippen molar-refractivity contribution in [2.24, 2.45) is 5.92 Å². The predicted molar refractivity (Wildman–Crippen MR) is 120 cm³/mol. The Hall–Kier alpha value is -2.93. The Kier molecular flexibility index (Phi) is 7.05. The number of fused-ring (bicyclic) bond motifs is 1. The molecule has 158 valence electrons. The molecule has 0 spiro atoms. The fraction of sp³-hybridized carbons (Fsp3) is 0.304. The first-order valence-electron chi connectivity index (χ1n) is 9.76. The lowest BCUT2D eigenvalue weighted by molar-refractivity contribution is -0.112. The summed E-state index contributed by atoms with van der Waals surface area (Å²) in [7, 11) is 3.15. The monoisotopic (exact) mass is 426 g/mol. The molecule has 2 aromatic rings. The van der Waals surface area contributed by atoms with Crippen LogP contribution in [0.1, 0.15) is 36.2 Å². The number of hydrogen-bond donors (Lipinski definition) is 2. The third-order valence-corrected chi connectivity index (χ3v) is 5.75. The predicted octanol–water partition coefficient (Wildman–Crippen LogP) is 4.57. The van der Waals surface area contributed by atoms with Crippen molar-refractivity contribution in [1.82, 2.24) is 5.32 Å². The zero-order valence-electron chi connectivity index (χ0n) is 17.6. The van der Waals surface area contributed by atoms with Gasteiger partial charge in [0.25, 0.3) is 11.8 Å². The first-order valence-corrected chi connectivity index (χ1v) is 10.6. The number of amides is 2. The van der Waals surface area contributed by atoms with Crippen LogP contribution in [0.15, 0.2) is 46.2 Å². The van der Waals surface area contributed by atoms with Crippen molar-refractivity contribution in [1.29, 1.82) is 0 Å². The van der Waals surface area contributed by atoms with E-state index in [1.165, 1.54) is 11.8 Å². The fourth-order valence-corrected chi connectivity index (χ4v) is 3.90. The minimum atomic E-state index is -0.209. The average Bonchev–Trinajstić information content (AvgIpc) is 2.73. The summed E-state index contributed by atoms with van der Waals surface area (Å²) >= 11 is 1.37. The van der Waals surface area contributed by atoms with Crippen molar-refractivity contribution in [2.45, 2.75) is 25.2 Å². The SMILES string of the molecule is COc1ccc(/C=C2/Sc3ccc(C(=O)NCCC(C)C)cc3NC2=O)cc1OC. The molecule has 30 heavy (non-hydrogen) atoms. The van der Waals surface area contributed by atoms with E-state index in [0.29, 0.717) is 40.1 Å². The van der Waals surface area contributed by atoms with Crippen molar-refractivity contribution in [3.8, 4) is 11.5 Å². The molecule has 2 N–H and O–H groups in total. The Morgan fingerprint density at radius 2 is 1.90 bits per heavy atom. The van der Waals surface area contributed by atoms with Gasteiger partial charge >= 0.3 is 0 Å². The lowest BCUT2D eigenvalue weighted by Gasteiger charge is -2.19. The third kappa shape index (κ3) is 5.16. The maximum Gasteiger partial charge on any atom is 0.262 e. The van der Waals surface area contributed by atoms with Gasteiger partial charge in [0.15, 0.2) is 11.5 Å². The van der Waals surface area contributed by atoms with Crippen LogP contribution >= 0.6 is 11.8 Å². The number of rotatable bonds is 7. The topological polar surface area (TPSA) is 76.7 Å². The van der Waals surface area contributed by atoms with Crippen LogP contribution in [0.2, 0.25) is 0 Å². The highest BCUT2D eigenvalue weighted by Gasteiger charge is 2.22. The van der Waals surface area contributed by atoms with Crippen LogP contribution in [0, 0.1) is 5.92 Å². The highest BCUT2D eigenvalue weighted by molar-refractivity contribution is 8.04. The van der Waals surface area contributed by atoms with Crippen LogP contribution in [0.25, 0.3) is 6.08 Å². The van der Waals surface area contributed by atoms with E-state index in [1.54, 1.807) is 38.5 Å². The first-order chi connectivity index (χ1) is 14.4. The lowest BCUT2D eigenvalue weighted by Crippen LogP contribution is -2.26. The van der Waals surface area contributed by atoms with Crippen molar-refractivity contribution >= 4 is 35.3 Å². The molecular weight excluding hydrogens is 400 g/mol. The van der Waals surface area contributed by atoms with Crippen LogP contribution < -0.4 is 20.1 Å². The van der Waals surface area contributed by atoms with Gasteiger partial charge in [0.05, 0.1) is 24.8 Å². The fourth-order valence-electron chi connectivity index (χ4n) is 2.97. The number of carbonyl (C=O) groups excluding carboxylic acids is 2. The highest BCUT2D eigenvalue weighted by atomic mass is 32.2. The molecule has 0 bridgehead atoms. The Bertz CT molecular complexity index is 985. The highest BCUT2D eigenvalue weighted by Crippen LogP contribution is 2.40. The third-order valence-electron chi connectivity index (χ3n) is 4.65. The van der Waals surface area contributed by atoms with E-state index in [1.807, 2.05) is 18.2 Å². The second-order valence-electron chi connectivity index (χ2n) is 7.33. The zero-order chi connectivity index (χ0) is 21.7. The number of anilines is 1. The normalized spacial score (nSPS) is 14.3. The van der Waals surface area contributed by atoms with E-state index in [2.05, 4.69) is 24.5 Å². The summed E-state index contributed by atoms with van der Waals surface area (Å²) in [5.41, 5.74) is 2.01. The summed E-state index contributed by atoms with van der Waals surface area (Å²) in [6.07, 6.45) is 2.73. The molecule has 0 unspecified atom stereocenters. The maximum absolute atomic E-state index is 12.6. The van der Waals surface area contributed by atoms with Crippen LogP contribution in [0.3, 0.4) is 0 Å². The molecule has 0 aromatic heterocycles. The van der Waals surface area contributed by atoms with E-state index in [-0.39, 0.29) is 11.8 Å². The minimum Gasteiger partial charge on any atom is -0.493 e. The molecule has 0 aliphatic carbocycles. The summed E-state index contributed by atoms with van der Waals surface area (Å²) in [6.45, 7) is 4.86. The van der Waals surface area contributed by atoms with Crippen molar-refractivity contribution < 1.29 is 19.1 Å². The molecule has 2 amide bonds. The second-order valence-corrected chi connectivity index (χ2v) is 8.41.